The Bertz CT molecular complexity index is 3610. The van der Waals surface area contributed by atoms with Crippen molar-refractivity contribution >= 4 is 98.9 Å². The molecule has 0 aliphatic heterocycles. The monoisotopic (exact) mass is 707 g/mol. The van der Waals surface area contributed by atoms with Gasteiger partial charge in [-0.15, -0.1) is 0 Å². The van der Waals surface area contributed by atoms with Gasteiger partial charge >= 0.3 is 0 Å². The number of hydrogen-bond donors (Lipinski definition) is 0. The van der Waals surface area contributed by atoms with Gasteiger partial charge in [-0.2, -0.15) is 0 Å². The molecule has 0 spiro atoms. The highest BCUT2D eigenvalue weighted by Gasteiger charge is 2.42. The number of allylic oxidation sites excluding steroid dienone is 4. The molecule has 2 aliphatic rings. The molecule has 13 rings (SSSR count). The summed E-state index contributed by atoms with van der Waals surface area (Å²) in [5.74, 6) is 0.825. The van der Waals surface area contributed by atoms with Crippen LogP contribution in [0.3, 0.4) is 0 Å². The molecule has 5 nitrogen and oxygen atoms in total. The van der Waals surface area contributed by atoms with E-state index >= 15 is 0 Å². The van der Waals surface area contributed by atoms with Crippen molar-refractivity contribution in [1.82, 2.24) is 4.57 Å². The summed E-state index contributed by atoms with van der Waals surface area (Å²) in [6.45, 7) is 0. The normalized spacial score (nSPS) is 16.9. The van der Waals surface area contributed by atoms with E-state index in [1.807, 2.05) is 66.7 Å². The maximum absolute atomic E-state index is 13.9. The van der Waals surface area contributed by atoms with Crippen LogP contribution >= 0.6 is 0 Å². The van der Waals surface area contributed by atoms with Crippen LogP contribution in [0.2, 0.25) is 0 Å². The number of benzene rings is 7. The van der Waals surface area contributed by atoms with Gasteiger partial charge in [-0.25, -0.2) is 0 Å². The summed E-state index contributed by atoms with van der Waals surface area (Å²) in [4.78, 5) is 13.9. The maximum atomic E-state index is 13.9. The van der Waals surface area contributed by atoms with E-state index in [0.717, 1.165) is 89.1 Å². The summed E-state index contributed by atoms with van der Waals surface area (Å²) < 4.78 is 22.3. The zero-order chi connectivity index (χ0) is 35.9. The lowest BCUT2D eigenvalue weighted by atomic mass is 9.94. The van der Waals surface area contributed by atoms with Gasteiger partial charge in [-0.1, -0.05) is 103 Å². The fraction of sp³-hybridized carbons (Fsp3) is 0.0600. The molecule has 258 valence electrons. The van der Waals surface area contributed by atoms with E-state index in [1.165, 1.54) is 11.0 Å². The summed E-state index contributed by atoms with van der Waals surface area (Å²) in [6.07, 6.45) is 5.89. The highest BCUT2D eigenvalue weighted by molar-refractivity contribution is 6.38. The fourth-order valence-corrected chi connectivity index (χ4v) is 9.46. The Morgan fingerprint density at radius 2 is 1.18 bits per heavy atom. The van der Waals surface area contributed by atoms with Crippen molar-refractivity contribution in [2.75, 3.05) is 0 Å². The Balaban J connectivity index is 1.05. The Hall–Kier alpha value is -7.11. The van der Waals surface area contributed by atoms with E-state index < -0.39 is 0 Å². The van der Waals surface area contributed by atoms with Crippen molar-refractivity contribution in [2.24, 2.45) is 11.8 Å². The molecule has 2 aliphatic carbocycles. The van der Waals surface area contributed by atoms with Crippen LogP contribution in [0.5, 0.6) is 0 Å². The van der Waals surface area contributed by atoms with Crippen LogP contribution in [-0.4, -0.2) is 4.57 Å². The minimum absolute atomic E-state index is 0.0113. The Kier molecular flexibility index (Phi) is 5.61. The van der Waals surface area contributed by atoms with Crippen molar-refractivity contribution in [1.29, 1.82) is 0 Å². The van der Waals surface area contributed by atoms with Crippen LogP contribution in [0.15, 0.2) is 170 Å². The molecule has 2 atom stereocenters. The van der Waals surface area contributed by atoms with Gasteiger partial charge in [0.05, 0.1) is 27.2 Å². The van der Waals surface area contributed by atoms with Crippen molar-refractivity contribution in [3.8, 4) is 11.1 Å². The molecule has 0 N–H and O–H groups in total. The first-order chi connectivity index (χ1) is 27.2. The lowest BCUT2D eigenvalue weighted by Gasteiger charge is -2.17. The molecular formula is C50H29NO4. The summed E-state index contributed by atoms with van der Waals surface area (Å²) in [6, 6.07) is 47.4. The minimum atomic E-state index is -0.0113. The zero-order valence-corrected chi connectivity index (χ0v) is 29.4. The largest absolute Gasteiger partial charge is 0.456 e. The molecule has 1 saturated carbocycles. The van der Waals surface area contributed by atoms with E-state index in [2.05, 4.69) is 89.5 Å². The lowest BCUT2D eigenvalue weighted by molar-refractivity contribution is 0.633. The van der Waals surface area contributed by atoms with E-state index in [-0.39, 0.29) is 5.43 Å². The van der Waals surface area contributed by atoms with E-state index in [4.69, 9.17) is 13.3 Å². The maximum Gasteiger partial charge on any atom is 0.200 e. The highest BCUT2D eigenvalue weighted by Crippen LogP contribution is 2.55. The second-order valence-corrected chi connectivity index (χ2v) is 15.1. The molecule has 0 radical (unpaired) electrons. The molecular weight excluding hydrogens is 679 g/mol. The molecule has 4 heterocycles. The molecule has 1 unspecified atom stereocenters. The number of furan rings is 2. The van der Waals surface area contributed by atoms with E-state index in [9.17, 15) is 4.79 Å². The number of aromatic nitrogens is 1. The van der Waals surface area contributed by atoms with Crippen molar-refractivity contribution in [3.63, 3.8) is 0 Å². The van der Waals surface area contributed by atoms with Crippen LogP contribution in [-0.2, 0) is 0 Å². The van der Waals surface area contributed by atoms with Crippen molar-refractivity contribution in [2.45, 2.75) is 6.42 Å². The van der Waals surface area contributed by atoms with Gasteiger partial charge in [0.2, 0.25) is 5.43 Å². The molecule has 4 aromatic heterocycles. The second kappa shape index (κ2) is 10.5. The van der Waals surface area contributed by atoms with Gasteiger partial charge in [0, 0.05) is 32.6 Å². The predicted molar refractivity (Wildman–Crippen MR) is 223 cm³/mol. The van der Waals surface area contributed by atoms with Gasteiger partial charge in [-0.05, 0) is 89.1 Å². The molecule has 11 aromatic rings. The van der Waals surface area contributed by atoms with Crippen molar-refractivity contribution in [3.05, 3.63) is 167 Å². The molecule has 1 fully saturated rings. The van der Waals surface area contributed by atoms with Gasteiger partial charge in [-0.3, -0.25) is 4.79 Å². The Labute approximate surface area is 312 Å². The summed E-state index contributed by atoms with van der Waals surface area (Å²) >= 11 is 0. The predicted octanol–water partition coefficient (Wildman–Crippen LogP) is 13.1. The van der Waals surface area contributed by atoms with E-state index in [1.54, 1.807) is 0 Å². The van der Waals surface area contributed by atoms with Crippen LogP contribution < -0.4 is 5.43 Å². The zero-order valence-electron chi connectivity index (χ0n) is 29.4. The number of hydrogen-bond acceptors (Lipinski definition) is 4. The SMILES string of the molecule is O=c1c2ccc(C3=CC(n4c5ccccc5c5c6c7ccccc7oc6c6oc7ccccc7c6c54)=CC4C[C@@H]34)cc2oc2ccc(-c3ccccc3)cc12. The molecule has 5 heteroatoms. The average Bonchev–Trinajstić information content (AvgIpc) is 3.59. The van der Waals surface area contributed by atoms with Crippen LogP contribution in [0, 0.1) is 11.8 Å². The van der Waals surface area contributed by atoms with Crippen molar-refractivity contribution < 1.29 is 13.3 Å². The molecule has 55 heavy (non-hydrogen) atoms. The van der Waals surface area contributed by atoms with E-state index in [0.29, 0.717) is 33.8 Å². The number of rotatable bonds is 3. The third-order valence-electron chi connectivity index (χ3n) is 12.1. The third kappa shape index (κ3) is 3.99. The van der Waals surface area contributed by atoms with Gasteiger partial charge in [0.25, 0.3) is 0 Å². The van der Waals surface area contributed by atoms with Gasteiger partial charge in [0.1, 0.15) is 22.3 Å². The molecule has 0 saturated heterocycles. The number of fused-ring (bicyclic) bond motifs is 15. The summed E-state index contributed by atoms with van der Waals surface area (Å²) in [5, 5.41) is 7.78. The smallest absolute Gasteiger partial charge is 0.200 e. The fourth-order valence-electron chi connectivity index (χ4n) is 9.46. The highest BCUT2D eigenvalue weighted by atomic mass is 16.4. The first kappa shape index (κ1) is 29.4. The van der Waals surface area contributed by atoms with Crippen LogP contribution in [0.25, 0.3) is 110 Å². The standard InChI is InChI=1S/C50H29NO4/c52-48-35-20-18-29(25-43(35)53-42-21-19-28(23-38(42)48)27-10-2-1-3-11-27)37-26-31(22-30-24-36(30)37)51-39-15-7-4-12-32(39)44-45-33-13-5-8-16-40(33)54-49(45)50-46(47(44)51)34-14-6-9-17-41(34)55-50/h1-23,25-26,30,36H,24H2/t30?,36-/m1/s1. The van der Waals surface area contributed by atoms with Gasteiger partial charge in [0.15, 0.2) is 11.2 Å². The van der Waals surface area contributed by atoms with Crippen LogP contribution in [0.4, 0.5) is 0 Å². The number of nitrogens with zero attached hydrogens (tertiary/aromatic N) is 1. The topological polar surface area (TPSA) is 61.4 Å². The third-order valence-corrected chi connectivity index (χ3v) is 12.1. The lowest BCUT2D eigenvalue weighted by Crippen LogP contribution is -2.04. The first-order valence-corrected chi connectivity index (χ1v) is 18.9. The summed E-state index contributed by atoms with van der Waals surface area (Å²) in [7, 11) is 0. The minimum Gasteiger partial charge on any atom is -0.456 e. The average molecular weight is 708 g/mol. The van der Waals surface area contributed by atoms with Crippen LogP contribution in [0.1, 0.15) is 12.0 Å². The van der Waals surface area contributed by atoms with Gasteiger partial charge < -0.3 is 17.8 Å². The quantitative estimate of drug-likeness (QED) is 0.172. The number of para-hydroxylation sites is 3. The second-order valence-electron chi connectivity index (χ2n) is 15.1. The molecule has 0 amide bonds. The first-order valence-electron chi connectivity index (χ1n) is 18.9. The Morgan fingerprint density at radius 1 is 0.509 bits per heavy atom. The Morgan fingerprint density at radius 3 is 2.00 bits per heavy atom. The molecule has 0 bridgehead atoms. The summed E-state index contributed by atoms with van der Waals surface area (Å²) in [5.41, 5.74) is 12.2. The molecule has 7 aromatic carbocycles.